The van der Waals surface area contributed by atoms with Crippen LogP contribution in [0.2, 0.25) is 5.02 Å². The van der Waals surface area contributed by atoms with E-state index in [1.807, 2.05) is 57.6 Å². The van der Waals surface area contributed by atoms with Crippen molar-refractivity contribution in [2.75, 3.05) is 23.8 Å². The van der Waals surface area contributed by atoms with Gasteiger partial charge >= 0.3 is 0 Å². The predicted molar refractivity (Wildman–Crippen MR) is 107 cm³/mol. The molecule has 3 aromatic rings. The molecular formula is C20H22ClN5. The molecule has 0 fully saturated rings. The molecule has 0 saturated heterocycles. The topological polar surface area (TPSA) is 53.9 Å². The Morgan fingerprint density at radius 2 is 1.85 bits per heavy atom. The fourth-order valence-corrected chi connectivity index (χ4v) is 3.14. The zero-order chi connectivity index (χ0) is 18.5. The van der Waals surface area contributed by atoms with Gasteiger partial charge in [0.25, 0.3) is 0 Å². The van der Waals surface area contributed by atoms with E-state index in [1.54, 1.807) is 6.20 Å². The summed E-state index contributed by atoms with van der Waals surface area (Å²) in [5, 5.41) is 3.92. The fourth-order valence-electron chi connectivity index (χ4n) is 2.77. The van der Waals surface area contributed by atoms with Crippen LogP contribution in [0, 0.1) is 13.8 Å². The van der Waals surface area contributed by atoms with Crippen LogP contribution in [0.15, 0.2) is 48.9 Å². The number of hydrogen-bond donors (Lipinski definition) is 1. The molecule has 0 bridgehead atoms. The van der Waals surface area contributed by atoms with Crippen molar-refractivity contribution >= 4 is 29.1 Å². The van der Waals surface area contributed by atoms with E-state index >= 15 is 0 Å². The molecular weight excluding hydrogens is 346 g/mol. The minimum atomic E-state index is 0.534. The molecule has 1 N–H and O–H groups in total. The molecule has 0 unspecified atom stereocenters. The number of aryl methyl sites for hydroxylation is 2. The number of halogens is 1. The number of nitrogens with one attached hydrogen (secondary N) is 1. The van der Waals surface area contributed by atoms with Gasteiger partial charge in [-0.05, 0) is 61.2 Å². The molecule has 0 atom stereocenters. The van der Waals surface area contributed by atoms with E-state index in [4.69, 9.17) is 11.6 Å². The van der Waals surface area contributed by atoms with Gasteiger partial charge in [0.1, 0.15) is 5.82 Å². The molecule has 1 aromatic carbocycles. The Bertz CT molecular complexity index is 859. The van der Waals surface area contributed by atoms with Gasteiger partial charge in [0.15, 0.2) is 0 Å². The Balaban J connectivity index is 1.72. The molecule has 134 valence electrons. The highest BCUT2D eigenvalue weighted by Gasteiger charge is 2.09. The number of likely N-dealkylation sites (N-methyl/N-ethyl adjacent to an activating group) is 1. The second-order valence-electron chi connectivity index (χ2n) is 6.33. The van der Waals surface area contributed by atoms with Crippen LogP contribution in [0.4, 0.5) is 17.5 Å². The van der Waals surface area contributed by atoms with Crippen LogP contribution in [0.3, 0.4) is 0 Å². The van der Waals surface area contributed by atoms with E-state index in [-0.39, 0.29) is 0 Å². The second kappa shape index (κ2) is 8.15. The van der Waals surface area contributed by atoms with Crippen molar-refractivity contribution in [3.8, 4) is 0 Å². The van der Waals surface area contributed by atoms with E-state index in [1.165, 1.54) is 5.56 Å². The first kappa shape index (κ1) is 18.1. The Labute approximate surface area is 159 Å². The molecule has 2 aromatic heterocycles. The van der Waals surface area contributed by atoms with Gasteiger partial charge in [0.05, 0.1) is 10.7 Å². The Morgan fingerprint density at radius 3 is 2.58 bits per heavy atom. The molecule has 0 aliphatic carbocycles. The van der Waals surface area contributed by atoms with E-state index < -0.39 is 0 Å². The molecule has 2 heterocycles. The van der Waals surface area contributed by atoms with Gasteiger partial charge in [-0.3, -0.25) is 4.98 Å². The van der Waals surface area contributed by atoms with Crippen LogP contribution in [0.25, 0.3) is 0 Å². The zero-order valence-electron chi connectivity index (χ0n) is 15.2. The van der Waals surface area contributed by atoms with Gasteiger partial charge in [0, 0.05) is 32.2 Å². The first-order valence-corrected chi connectivity index (χ1v) is 8.87. The van der Waals surface area contributed by atoms with Crippen LogP contribution in [0.5, 0.6) is 0 Å². The predicted octanol–water partition coefficient (Wildman–Crippen LogP) is 4.56. The number of rotatable bonds is 6. The van der Waals surface area contributed by atoms with Crippen molar-refractivity contribution in [1.82, 2.24) is 15.0 Å². The lowest BCUT2D eigenvalue weighted by Gasteiger charge is -2.19. The first-order chi connectivity index (χ1) is 12.5. The Morgan fingerprint density at radius 1 is 1.08 bits per heavy atom. The highest BCUT2D eigenvalue weighted by molar-refractivity contribution is 6.33. The van der Waals surface area contributed by atoms with Gasteiger partial charge in [-0.25, -0.2) is 4.98 Å². The summed E-state index contributed by atoms with van der Waals surface area (Å²) in [5.74, 6) is 1.39. The highest BCUT2D eigenvalue weighted by Crippen LogP contribution is 2.29. The average molecular weight is 368 g/mol. The molecule has 0 aliphatic heterocycles. The minimum absolute atomic E-state index is 0.534. The van der Waals surface area contributed by atoms with Crippen molar-refractivity contribution in [2.24, 2.45) is 0 Å². The van der Waals surface area contributed by atoms with Gasteiger partial charge < -0.3 is 10.2 Å². The van der Waals surface area contributed by atoms with E-state index in [0.29, 0.717) is 11.0 Å². The second-order valence-corrected chi connectivity index (χ2v) is 6.74. The number of benzene rings is 1. The van der Waals surface area contributed by atoms with Crippen molar-refractivity contribution in [3.63, 3.8) is 0 Å². The van der Waals surface area contributed by atoms with Gasteiger partial charge in [-0.2, -0.15) is 4.98 Å². The monoisotopic (exact) mass is 367 g/mol. The Kier molecular flexibility index (Phi) is 5.68. The standard InChI is InChI=1S/C20H22ClN5/c1-14-12-15(2)19(17(21)13-14)25-20-23-10-6-18(24-20)26(3)11-7-16-4-8-22-9-5-16/h4-6,8-10,12-13H,7,11H2,1-3H3,(H,23,24,25). The zero-order valence-corrected chi connectivity index (χ0v) is 16.0. The quantitative estimate of drug-likeness (QED) is 0.691. The molecule has 5 nitrogen and oxygen atoms in total. The van der Waals surface area contributed by atoms with Crippen molar-refractivity contribution < 1.29 is 0 Å². The third-order valence-electron chi connectivity index (χ3n) is 4.19. The lowest BCUT2D eigenvalue weighted by molar-refractivity contribution is 0.855. The van der Waals surface area contributed by atoms with Gasteiger partial charge in [0.2, 0.25) is 5.95 Å². The highest BCUT2D eigenvalue weighted by atomic mass is 35.5. The smallest absolute Gasteiger partial charge is 0.229 e. The molecule has 0 aliphatic rings. The summed E-state index contributed by atoms with van der Waals surface area (Å²) >= 11 is 6.37. The number of hydrogen-bond acceptors (Lipinski definition) is 5. The van der Waals surface area contributed by atoms with Crippen LogP contribution in [0.1, 0.15) is 16.7 Å². The summed E-state index contributed by atoms with van der Waals surface area (Å²) in [7, 11) is 2.03. The lowest BCUT2D eigenvalue weighted by atomic mass is 10.1. The summed E-state index contributed by atoms with van der Waals surface area (Å²) in [6, 6.07) is 9.98. The summed E-state index contributed by atoms with van der Waals surface area (Å²) < 4.78 is 0. The van der Waals surface area contributed by atoms with Crippen LogP contribution in [-0.4, -0.2) is 28.5 Å². The van der Waals surface area contributed by atoms with E-state index in [2.05, 4.69) is 31.2 Å². The van der Waals surface area contributed by atoms with E-state index in [0.717, 1.165) is 35.6 Å². The molecule has 0 amide bonds. The van der Waals surface area contributed by atoms with Gasteiger partial charge in [-0.15, -0.1) is 0 Å². The minimum Gasteiger partial charge on any atom is -0.359 e. The largest absolute Gasteiger partial charge is 0.359 e. The number of anilines is 3. The summed E-state index contributed by atoms with van der Waals surface area (Å²) in [5.41, 5.74) is 4.29. The molecule has 26 heavy (non-hydrogen) atoms. The average Bonchev–Trinajstić information content (AvgIpc) is 2.64. The van der Waals surface area contributed by atoms with Crippen LogP contribution < -0.4 is 10.2 Å². The SMILES string of the molecule is Cc1cc(C)c(Nc2nccc(N(C)CCc3ccncc3)n2)c(Cl)c1. The summed E-state index contributed by atoms with van der Waals surface area (Å²) in [6.07, 6.45) is 6.31. The molecule has 3 rings (SSSR count). The van der Waals surface area contributed by atoms with Crippen molar-refractivity contribution in [3.05, 3.63) is 70.6 Å². The first-order valence-electron chi connectivity index (χ1n) is 8.50. The maximum absolute atomic E-state index is 6.37. The molecule has 0 radical (unpaired) electrons. The number of aromatic nitrogens is 3. The van der Waals surface area contributed by atoms with Gasteiger partial charge in [-0.1, -0.05) is 17.7 Å². The summed E-state index contributed by atoms with van der Waals surface area (Å²) in [6.45, 7) is 4.90. The molecule has 0 saturated carbocycles. The Hall–Kier alpha value is -2.66. The van der Waals surface area contributed by atoms with E-state index in [9.17, 15) is 0 Å². The van der Waals surface area contributed by atoms with Crippen LogP contribution >= 0.6 is 11.6 Å². The van der Waals surface area contributed by atoms with Crippen molar-refractivity contribution in [2.45, 2.75) is 20.3 Å². The maximum atomic E-state index is 6.37. The number of nitrogens with zero attached hydrogens (tertiary/aromatic N) is 4. The third kappa shape index (κ3) is 4.49. The van der Waals surface area contributed by atoms with Crippen molar-refractivity contribution in [1.29, 1.82) is 0 Å². The summed E-state index contributed by atoms with van der Waals surface area (Å²) in [4.78, 5) is 15.1. The lowest BCUT2D eigenvalue weighted by Crippen LogP contribution is -2.21. The number of pyridine rings is 1. The molecule has 6 heteroatoms. The maximum Gasteiger partial charge on any atom is 0.229 e. The normalized spacial score (nSPS) is 10.6. The van der Waals surface area contributed by atoms with Crippen LogP contribution in [-0.2, 0) is 6.42 Å². The third-order valence-corrected chi connectivity index (χ3v) is 4.48. The fraction of sp³-hybridized carbons (Fsp3) is 0.250. The molecule has 0 spiro atoms.